The van der Waals surface area contributed by atoms with E-state index in [1.54, 1.807) is 30.0 Å². The van der Waals surface area contributed by atoms with Gasteiger partial charge in [-0.2, -0.15) is 0 Å². The normalized spacial score (nSPS) is 18.5. The number of nitrogens with zero attached hydrogens (tertiary/aromatic N) is 4. The fourth-order valence-corrected chi connectivity index (χ4v) is 8.17. The molecule has 2 fully saturated rings. The summed E-state index contributed by atoms with van der Waals surface area (Å²) >= 11 is 1.66. The van der Waals surface area contributed by atoms with Crippen LogP contribution in [0, 0.1) is 5.82 Å². The van der Waals surface area contributed by atoms with E-state index >= 15 is 0 Å². The van der Waals surface area contributed by atoms with Crippen LogP contribution in [-0.2, 0) is 19.1 Å². The number of halogens is 1. The lowest BCUT2D eigenvalue weighted by Crippen LogP contribution is -2.54. The number of anilines is 2. The predicted molar refractivity (Wildman–Crippen MR) is 190 cm³/mol. The minimum absolute atomic E-state index is 0.0390. The van der Waals surface area contributed by atoms with Crippen molar-refractivity contribution in [1.29, 1.82) is 0 Å². The average Bonchev–Trinajstić information content (AvgIpc) is 3.40. The second-order valence-corrected chi connectivity index (χ2v) is 14.0. The molecule has 14 heteroatoms. The summed E-state index contributed by atoms with van der Waals surface area (Å²) in [6.07, 6.45) is 1.40. The highest BCUT2D eigenvalue weighted by Crippen LogP contribution is 2.48. The Balaban J connectivity index is 0.831. The van der Waals surface area contributed by atoms with Gasteiger partial charge in [-0.3, -0.25) is 34.3 Å². The summed E-state index contributed by atoms with van der Waals surface area (Å²) in [6.45, 7) is 5.21. The zero-order chi connectivity index (χ0) is 36.2. The Morgan fingerprint density at radius 3 is 2.50 bits per heavy atom. The van der Waals surface area contributed by atoms with Gasteiger partial charge < -0.3 is 19.3 Å². The van der Waals surface area contributed by atoms with Crippen LogP contribution >= 0.6 is 11.8 Å². The molecule has 1 atom stereocenters. The second kappa shape index (κ2) is 15.7. The van der Waals surface area contributed by atoms with Crippen molar-refractivity contribution in [2.24, 2.45) is 0 Å². The predicted octanol–water partition coefficient (Wildman–Crippen LogP) is 4.04. The molecule has 270 valence electrons. The largest absolute Gasteiger partial charge is 0.490 e. The number of ether oxygens (including phenoxy) is 2. The van der Waals surface area contributed by atoms with E-state index in [-0.39, 0.29) is 55.4 Å². The zero-order valence-corrected chi connectivity index (χ0v) is 29.3. The summed E-state index contributed by atoms with van der Waals surface area (Å²) in [5, 5.41) is 2.19. The molecule has 3 aromatic rings. The molecule has 12 nitrogen and oxygen atoms in total. The maximum absolute atomic E-state index is 14.2. The van der Waals surface area contributed by atoms with Crippen LogP contribution in [-0.4, -0.2) is 109 Å². The molecule has 7 rings (SSSR count). The Hall–Kier alpha value is -5.01. The van der Waals surface area contributed by atoms with Crippen LogP contribution in [0.5, 0.6) is 5.75 Å². The number of hydrogen-bond acceptors (Lipinski definition) is 11. The maximum Gasteiger partial charge on any atom is 0.266 e. The fraction of sp³-hybridized carbons (Fsp3) is 0.368. The smallest absolute Gasteiger partial charge is 0.266 e. The molecule has 2 saturated heterocycles. The summed E-state index contributed by atoms with van der Waals surface area (Å²) < 4.78 is 25.8. The zero-order valence-electron chi connectivity index (χ0n) is 28.5. The average molecular weight is 728 g/mol. The Morgan fingerprint density at radius 1 is 0.885 bits per heavy atom. The Kier molecular flexibility index (Phi) is 10.7. The molecule has 52 heavy (non-hydrogen) atoms. The highest BCUT2D eigenvalue weighted by Gasteiger charge is 2.46. The number of piperazine rings is 1. The number of benzene rings is 3. The molecule has 0 aliphatic carbocycles. The van der Waals surface area contributed by atoms with Gasteiger partial charge in [-0.05, 0) is 61.9 Å². The van der Waals surface area contributed by atoms with Gasteiger partial charge >= 0.3 is 0 Å². The molecule has 1 N–H and O–H groups in total. The molecule has 4 aliphatic heterocycles. The van der Waals surface area contributed by atoms with Gasteiger partial charge in [0.1, 0.15) is 35.9 Å². The van der Waals surface area contributed by atoms with E-state index in [0.29, 0.717) is 25.2 Å². The summed E-state index contributed by atoms with van der Waals surface area (Å²) in [4.78, 5) is 71.8. The Labute approximate surface area is 304 Å². The first-order valence-corrected chi connectivity index (χ1v) is 18.2. The van der Waals surface area contributed by atoms with Gasteiger partial charge in [-0.1, -0.05) is 30.0 Å². The van der Waals surface area contributed by atoms with E-state index in [0.717, 1.165) is 58.7 Å². The SMILES string of the molecule is O=C=C(CCOCCOc1cccc2c1C(=O)N(C1CCC(=O)NC1=O)C2=O)N1CCN(CCCN2c3ccccc3Sc3ccc(F)cc32)CC1. The van der Waals surface area contributed by atoms with Crippen molar-refractivity contribution >= 4 is 52.7 Å². The number of rotatable bonds is 13. The summed E-state index contributed by atoms with van der Waals surface area (Å²) in [5.41, 5.74) is 2.78. The Bertz CT molecular complexity index is 1940. The first-order valence-electron chi connectivity index (χ1n) is 17.4. The van der Waals surface area contributed by atoms with Crippen molar-refractivity contribution < 1.29 is 37.8 Å². The summed E-state index contributed by atoms with van der Waals surface area (Å²) in [7, 11) is 0. The fourth-order valence-electron chi connectivity index (χ4n) is 7.10. The van der Waals surface area contributed by atoms with Crippen molar-refractivity contribution in [3.63, 3.8) is 0 Å². The first-order chi connectivity index (χ1) is 25.3. The minimum atomic E-state index is -1.06. The lowest BCUT2D eigenvalue weighted by atomic mass is 10.0. The lowest BCUT2D eigenvalue weighted by Gasteiger charge is -2.37. The number of nitrogens with one attached hydrogen (secondary N) is 1. The van der Waals surface area contributed by atoms with Gasteiger partial charge in [0.15, 0.2) is 0 Å². The van der Waals surface area contributed by atoms with Gasteiger partial charge in [0.2, 0.25) is 11.8 Å². The van der Waals surface area contributed by atoms with Gasteiger partial charge in [0.25, 0.3) is 11.8 Å². The third-order valence-electron chi connectivity index (χ3n) is 9.71. The third kappa shape index (κ3) is 7.33. The number of hydrogen-bond donors (Lipinski definition) is 1. The maximum atomic E-state index is 14.2. The molecule has 0 radical (unpaired) electrons. The molecule has 4 aliphatic rings. The van der Waals surface area contributed by atoms with Crippen LogP contribution in [0.25, 0.3) is 0 Å². The number of carbonyl (C=O) groups is 4. The van der Waals surface area contributed by atoms with Crippen molar-refractivity contribution in [3.8, 4) is 5.75 Å². The van der Waals surface area contributed by atoms with Crippen molar-refractivity contribution in [1.82, 2.24) is 20.0 Å². The van der Waals surface area contributed by atoms with Crippen LogP contribution < -0.4 is 15.0 Å². The molecule has 4 amide bonds. The summed E-state index contributed by atoms with van der Waals surface area (Å²) in [6, 6.07) is 16.8. The van der Waals surface area contributed by atoms with Crippen LogP contribution in [0.4, 0.5) is 15.8 Å². The minimum Gasteiger partial charge on any atom is -0.490 e. The highest BCUT2D eigenvalue weighted by atomic mass is 32.2. The van der Waals surface area contributed by atoms with Crippen LogP contribution in [0.15, 0.2) is 76.2 Å². The van der Waals surface area contributed by atoms with Crippen LogP contribution in [0.1, 0.15) is 46.4 Å². The monoisotopic (exact) mass is 727 g/mol. The topological polar surface area (TPSA) is 129 Å². The molecular formula is C38H38FN5O7S. The molecule has 3 aromatic carbocycles. The van der Waals surface area contributed by atoms with Gasteiger partial charge in [0.05, 0.1) is 35.7 Å². The quantitative estimate of drug-likeness (QED) is 0.156. The number of piperidine rings is 1. The van der Waals surface area contributed by atoms with E-state index in [4.69, 9.17) is 9.47 Å². The van der Waals surface area contributed by atoms with E-state index in [1.807, 2.05) is 23.1 Å². The standard InChI is InChI=1S/C38H38FN5O7S/c39-25-9-11-33-30(23-25)43(28-6-1-2-8-32(28)52-33)15-4-14-41-16-18-42(19-17-41)26(24-45)13-20-50-21-22-51-31-7-3-5-27-35(31)38(49)44(37(27)48)29-10-12-34(46)40-36(29)47/h1-3,5-9,11,23,29H,4,10,12-22H2,(H,40,46,47). The second-order valence-electron chi connectivity index (χ2n) is 12.9. The molecule has 0 spiro atoms. The van der Waals surface area contributed by atoms with E-state index in [1.165, 1.54) is 12.1 Å². The number of para-hydroxylation sites is 1. The van der Waals surface area contributed by atoms with Crippen LogP contribution in [0.2, 0.25) is 0 Å². The number of fused-ring (bicyclic) bond motifs is 3. The molecule has 0 saturated carbocycles. The molecule has 0 bridgehead atoms. The molecule has 0 aromatic heterocycles. The van der Waals surface area contributed by atoms with Crippen molar-refractivity contribution in [2.75, 3.05) is 64.0 Å². The number of imide groups is 2. The molecular weight excluding hydrogens is 690 g/mol. The number of amides is 4. The van der Waals surface area contributed by atoms with Crippen molar-refractivity contribution in [2.45, 2.75) is 41.5 Å². The first kappa shape index (κ1) is 35.4. The number of carbonyl (C=O) groups excluding carboxylic acids is 5. The van der Waals surface area contributed by atoms with Gasteiger partial charge in [-0.15, -0.1) is 0 Å². The molecule has 4 heterocycles. The van der Waals surface area contributed by atoms with Crippen molar-refractivity contribution in [3.05, 3.63) is 83.3 Å². The van der Waals surface area contributed by atoms with Gasteiger partial charge in [0, 0.05) is 55.4 Å². The van der Waals surface area contributed by atoms with Gasteiger partial charge in [-0.25, -0.2) is 9.18 Å². The summed E-state index contributed by atoms with van der Waals surface area (Å²) in [5.74, 6) is -0.295. The molecule has 1 unspecified atom stereocenters. The van der Waals surface area contributed by atoms with E-state index in [9.17, 15) is 28.4 Å². The highest BCUT2D eigenvalue weighted by molar-refractivity contribution is 7.99. The third-order valence-corrected chi connectivity index (χ3v) is 10.8. The van der Waals surface area contributed by atoms with Crippen LogP contribution in [0.3, 0.4) is 0 Å². The Morgan fingerprint density at radius 2 is 1.69 bits per heavy atom. The van der Waals surface area contributed by atoms with E-state index < -0.39 is 29.7 Å². The lowest BCUT2D eigenvalue weighted by molar-refractivity contribution is -0.136. The van der Waals surface area contributed by atoms with E-state index in [2.05, 4.69) is 33.2 Å².